The summed E-state index contributed by atoms with van der Waals surface area (Å²) in [6.45, 7) is 4.99. The molecule has 4 rings (SSSR count). The number of benzene rings is 2. The van der Waals surface area contributed by atoms with E-state index in [1.807, 2.05) is 42.5 Å². The monoisotopic (exact) mass is 851 g/mol. The van der Waals surface area contributed by atoms with Gasteiger partial charge < -0.3 is 43.8 Å². The lowest BCUT2D eigenvalue weighted by molar-refractivity contribution is -0.307. The number of methoxy groups -OCH3 is 1. The van der Waals surface area contributed by atoms with E-state index in [2.05, 4.69) is 20.9 Å². The number of carbonyl (C=O) groups is 7. The molecule has 0 unspecified atom stereocenters. The Bertz CT molecular complexity index is 1940. The van der Waals surface area contributed by atoms with E-state index in [0.29, 0.717) is 50.0 Å². The average molecular weight is 852 g/mol. The maximum atomic E-state index is 12.8. The minimum Gasteiger partial charge on any atom is -0.467 e. The third-order valence-corrected chi connectivity index (χ3v) is 9.21. The molecule has 330 valence electrons. The van der Waals surface area contributed by atoms with Gasteiger partial charge in [0.25, 0.3) is 5.91 Å². The van der Waals surface area contributed by atoms with Crippen LogP contribution in [0.25, 0.3) is 0 Å². The highest BCUT2D eigenvalue weighted by Crippen LogP contribution is 2.30. The fourth-order valence-electron chi connectivity index (χ4n) is 6.42. The predicted octanol–water partition coefficient (Wildman–Crippen LogP) is 2.16. The van der Waals surface area contributed by atoms with Crippen molar-refractivity contribution in [1.29, 1.82) is 0 Å². The number of hydrogen-bond donors (Lipinski definition) is 2. The smallest absolute Gasteiger partial charge is 0.328 e. The Morgan fingerprint density at radius 3 is 2.11 bits per heavy atom. The molecule has 0 spiro atoms. The quantitative estimate of drug-likeness (QED) is 0.0837. The van der Waals surface area contributed by atoms with Crippen LogP contribution in [0.15, 0.2) is 60.8 Å². The van der Waals surface area contributed by atoms with Crippen LogP contribution in [-0.4, -0.2) is 120 Å². The Kier molecular flexibility index (Phi) is 18.8. The van der Waals surface area contributed by atoms with E-state index >= 15 is 0 Å². The SMILES string of the molecule is COC(=O)[C@H](Cc1ccccc1)NC(=O)CCCCCNC(=O)c1ccc(Cn2cc(CCO[C@@H]3O[C@H](COC(C)=O)[C@@H](OC(C)=O)[C@H](OC(C)=O)[C@H]3OC(C)=O)nn2)cc1. The molecule has 1 aliphatic rings. The van der Waals surface area contributed by atoms with Crippen LogP contribution in [0.1, 0.15) is 80.6 Å². The summed E-state index contributed by atoms with van der Waals surface area (Å²) in [5.41, 5.74) is 2.80. The predicted molar refractivity (Wildman–Crippen MR) is 212 cm³/mol. The van der Waals surface area contributed by atoms with Crippen LogP contribution in [0.2, 0.25) is 0 Å². The van der Waals surface area contributed by atoms with Crippen molar-refractivity contribution in [3.05, 3.63) is 83.2 Å². The highest BCUT2D eigenvalue weighted by Gasteiger charge is 2.52. The van der Waals surface area contributed by atoms with Crippen LogP contribution in [0.3, 0.4) is 0 Å². The summed E-state index contributed by atoms with van der Waals surface area (Å²) in [6.07, 6.45) is -1.94. The van der Waals surface area contributed by atoms with Crippen molar-refractivity contribution in [2.24, 2.45) is 0 Å². The number of esters is 5. The first-order chi connectivity index (χ1) is 29.2. The summed E-state index contributed by atoms with van der Waals surface area (Å²) in [4.78, 5) is 85.2. The van der Waals surface area contributed by atoms with Crippen molar-refractivity contribution in [1.82, 2.24) is 25.6 Å². The molecule has 2 N–H and O–H groups in total. The molecule has 0 radical (unpaired) electrons. The van der Waals surface area contributed by atoms with Gasteiger partial charge in [0.05, 0.1) is 26.0 Å². The Hall–Kier alpha value is -6.21. The van der Waals surface area contributed by atoms with Gasteiger partial charge >= 0.3 is 29.8 Å². The maximum Gasteiger partial charge on any atom is 0.328 e. The van der Waals surface area contributed by atoms with E-state index in [1.165, 1.54) is 14.0 Å². The third kappa shape index (κ3) is 16.1. The zero-order chi connectivity index (χ0) is 44.3. The largest absolute Gasteiger partial charge is 0.467 e. The first-order valence-electron chi connectivity index (χ1n) is 19.8. The summed E-state index contributed by atoms with van der Waals surface area (Å²) >= 11 is 0. The molecule has 19 nitrogen and oxygen atoms in total. The molecule has 1 saturated heterocycles. The minimum atomic E-state index is -1.35. The zero-order valence-corrected chi connectivity index (χ0v) is 34.9. The molecule has 1 aliphatic heterocycles. The highest BCUT2D eigenvalue weighted by molar-refractivity contribution is 5.94. The van der Waals surface area contributed by atoms with Crippen molar-refractivity contribution in [2.45, 2.75) is 110 Å². The molecule has 0 saturated carbocycles. The Balaban J connectivity index is 1.21. The van der Waals surface area contributed by atoms with Crippen LogP contribution in [0, 0.1) is 0 Å². The number of aromatic nitrogens is 3. The van der Waals surface area contributed by atoms with E-state index in [1.54, 1.807) is 23.0 Å². The molecule has 2 aromatic carbocycles. The summed E-state index contributed by atoms with van der Waals surface area (Å²) in [5.74, 6) is -3.84. The Morgan fingerprint density at radius 2 is 1.46 bits per heavy atom. The van der Waals surface area contributed by atoms with Crippen molar-refractivity contribution in [3.8, 4) is 0 Å². The summed E-state index contributed by atoms with van der Waals surface area (Å²) in [6, 6.07) is 15.6. The summed E-state index contributed by atoms with van der Waals surface area (Å²) in [5, 5.41) is 14.0. The zero-order valence-electron chi connectivity index (χ0n) is 34.9. The van der Waals surface area contributed by atoms with Crippen LogP contribution < -0.4 is 10.6 Å². The first-order valence-corrected chi connectivity index (χ1v) is 19.8. The lowest BCUT2D eigenvalue weighted by atomic mass is 9.98. The number of ether oxygens (including phenoxy) is 7. The highest BCUT2D eigenvalue weighted by atomic mass is 16.7. The number of hydrogen-bond acceptors (Lipinski definition) is 16. The van der Waals surface area contributed by atoms with Gasteiger partial charge in [-0.2, -0.15) is 0 Å². The fraction of sp³-hybridized carbons (Fsp3) is 0.500. The number of unbranched alkanes of at least 4 members (excludes halogenated alkanes) is 2. The molecule has 0 bridgehead atoms. The van der Waals surface area contributed by atoms with Gasteiger partial charge in [0.2, 0.25) is 5.91 Å². The van der Waals surface area contributed by atoms with Gasteiger partial charge in [-0.1, -0.05) is 54.1 Å². The van der Waals surface area contributed by atoms with Crippen molar-refractivity contribution in [3.63, 3.8) is 0 Å². The van der Waals surface area contributed by atoms with Gasteiger partial charge in [-0.15, -0.1) is 5.10 Å². The number of nitrogens with one attached hydrogen (secondary N) is 2. The molecule has 2 heterocycles. The lowest BCUT2D eigenvalue weighted by Crippen LogP contribution is -2.63. The van der Waals surface area contributed by atoms with E-state index < -0.39 is 66.6 Å². The Morgan fingerprint density at radius 1 is 0.787 bits per heavy atom. The summed E-state index contributed by atoms with van der Waals surface area (Å²) < 4.78 is 39.7. The fourth-order valence-corrected chi connectivity index (χ4v) is 6.42. The molecular formula is C42H53N5O14. The molecule has 0 aliphatic carbocycles. The van der Waals surface area contributed by atoms with Gasteiger partial charge in [0, 0.05) is 65.3 Å². The van der Waals surface area contributed by atoms with Crippen molar-refractivity contribution < 1.29 is 66.7 Å². The molecular weight excluding hydrogens is 798 g/mol. The van der Waals surface area contributed by atoms with Gasteiger partial charge in [-0.05, 0) is 36.1 Å². The number of carbonyl (C=O) groups excluding carboxylic acids is 7. The lowest BCUT2D eigenvalue weighted by Gasteiger charge is -2.44. The van der Waals surface area contributed by atoms with E-state index in [-0.39, 0.29) is 37.9 Å². The van der Waals surface area contributed by atoms with Gasteiger partial charge in [0.1, 0.15) is 18.8 Å². The number of amides is 2. The molecule has 3 aromatic rings. The molecule has 6 atom stereocenters. The molecule has 61 heavy (non-hydrogen) atoms. The second-order valence-corrected chi connectivity index (χ2v) is 14.2. The second-order valence-electron chi connectivity index (χ2n) is 14.2. The minimum absolute atomic E-state index is 0.0156. The van der Waals surface area contributed by atoms with Gasteiger partial charge in [-0.3, -0.25) is 28.8 Å². The Labute approximate surface area is 353 Å². The van der Waals surface area contributed by atoms with Crippen LogP contribution in [0.4, 0.5) is 0 Å². The van der Waals surface area contributed by atoms with Crippen LogP contribution in [-0.2, 0) is 81.3 Å². The first kappa shape index (κ1) is 47.5. The molecule has 2 amide bonds. The number of nitrogens with zero attached hydrogens (tertiary/aromatic N) is 3. The van der Waals surface area contributed by atoms with Crippen molar-refractivity contribution >= 4 is 41.7 Å². The van der Waals surface area contributed by atoms with E-state index in [4.69, 9.17) is 33.2 Å². The average Bonchev–Trinajstić information content (AvgIpc) is 3.66. The normalized spacial score (nSPS) is 18.8. The molecule has 1 aromatic heterocycles. The summed E-state index contributed by atoms with van der Waals surface area (Å²) in [7, 11) is 1.29. The number of rotatable bonds is 22. The maximum absolute atomic E-state index is 12.8. The topological polar surface area (TPSA) is 239 Å². The third-order valence-electron chi connectivity index (χ3n) is 9.21. The van der Waals surface area contributed by atoms with Crippen LogP contribution >= 0.6 is 0 Å². The molecule has 19 heteroatoms. The van der Waals surface area contributed by atoms with E-state index in [0.717, 1.165) is 31.9 Å². The second kappa shape index (κ2) is 24.1. The molecule has 1 fully saturated rings. The van der Waals surface area contributed by atoms with E-state index in [9.17, 15) is 33.6 Å². The van der Waals surface area contributed by atoms with Crippen molar-refractivity contribution in [2.75, 3.05) is 26.9 Å². The van der Waals surface area contributed by atoms with Gasteiger partial charge in [0.15, 0.2) is 24.6 Å². The standard InChI is InChI=1S/C42H53N5O14/c1-26(48)57-25-35-37(58-27(2)49)38(59-28(3)50)39(60-29(4)51)42(61-35)56-21-19-33-24-47(46-45-33)23-31-15-17-32(18-16-31)40(53)43-20-11-7-10-14-36(52)44-34(41(54)55-5)22-30-12-8-6-9-13-30/h6,8-9,12-13,15-18,24,34-35,37-39,42H,7,10-11,14,19-23,25H2,1-5H3,(H,43,53)(H,44,52)/t34-,35+,37+,38-,39+,42+/m0/s1. The van der Waals surface area contributed by atoms with Crippen LogP contribution in [0.5, 0.6) is 0 Å². The van der Waals surface area contributed by atoms with Gasteiger partial charge in [-0.25, -0.2) is 9.48 Å².